The van der Waals surface area contributed by atoms with E-state index in [4.69, 9.17) is 9.16 Å². The van der Waals surface area contributed by atoms with Crippen molar-refractivity contribution >= 4 is 8.32 Å². The molecule has 0 spiro atoms. The van der Waals surface area contributed by atoms with E-state index >= 15 is 0 Å². The van der Waals surface area contributed by atoms with Crippen molar-refractivity contribution in [2.75, 3.05) is 13.7 Å². The van der Waals surface area contributed by atoms with E-state index in [1.165, 1.54) is 0 Å². The fourth-order valence-electron chi connectivity index (χ4n) is 1.34. The Morgan fingerprint density at radius 1 is 1.33 bits per heavy atom. The first-order chi connectivity index (χ1) is 8.14. The van der Waals surface area contributed by atoms with E-state index in [-0.39, 0.29) is 11.1 Å². The van der Waals surface area contributed by atoms with Crippen LogP contribution in [0, 0.1) is 0 Å². The number of aliphatic hydroxyl groups excluding tert-OH is 1. The molecule has 0 saturated carbocycles. The molecule has 0 aromatic heterocycles. The molecule has 4 heteroatoms. The molecule has 2 atom stereocenters. The summed E-state index contributed by atoms with van der Waals surface area (Å²) >= 11 is 0. The van der Waals surface area contributed by atoms with Gasteiger partial charge in [0.25, 0.3) is 0 Å². The quantitative estimate of drug-likeness (QED) is 0.545. The molecule has 0 rings (SSSR count). The topological polar surface area (TPSA) is 38.7 Å². The van der Waals surface area contributed by atoms with E-state index in [1.54, 1.807) is 13.2 Å². The monoisotopic (exact) mass is 274 g/mol. The van der Waals surface area contributed by atoms with Crippen LogP contribution in [0.1, 0.15) is 33.6 Å². The zero-order valence-electron chi connectivity index (χ0n) is 12.8. The molecule has 0 amide bonds. The summed E-state index contributed by atoms with van der Waals surface area (Å²) in [5.74, 6) is 0. The van der Waals surface area contributed by atoms with Gasteiger partial charge in [-0.1, -0.05) is 26.8 Å². The van der Waals surface area contributed by atoms with Crippen LogP contribution in [0.2, 0.25) is 18.1 Å². The van der Waals surface area contributed by atoms with Crippen molar-refractivity contribution < 1.29 is 14.3 Å². The van der Waals surface area contributed by atoms with Gasteiger partial charge in [-0.2, -0.15) is 0 Å². The van der Waals surface area contributed by atoms with Crippen LogP contribution in [-0.2, 0) is 9.16 Å². The third-order valence-electron chi connectivity index (χ3n) is 3.79. The molecule has 108 valence electrons. The zero-order chi connectivity index (χ0) is 14.4. The predicted molar refractivity (Wildman–Crippen MR) is 79.4 cm³/mol. The first-order valence-corrected chi connectivity index (χ1v) is 9.52. The molecule has 0 heterocycles. The average molecular weight is 274 g/mol. The van der Waals surface area contributed by atoms with Gasteiger partial charge < -0.3 is 14.3 Å². The second-order valence-corrected chi connectivity index (χ2v) is 11.1. The smallest absolute Gasteiger partial charge is 0.191 e. The van der Waals surface area contributed by atoms with Crippen LogP contribution in [0.25, 0.3) is 0 Å². The van der Waals surface area contributed by atoms with Crippen molar-refractivity contribution in [1.82, 2.24) is 0 Å². The van der Waals surface area contributed by atoms with Gasteiger partial charge in [-0.3, -0.25) is 0 Å². The highest BCUT2D eigenvalue weighted by molar-refractivity contribution is 6.74. The fraction of sp³-hybridized carbons (Fsp3) is 0.857. The molecule has 3 nitrogen and oxygen atoms in total. The summed E-state index contributed by atoms with van der Waals surface area (Å²) in [6, 6.07) is 0. The van der Waals surface area contributed by atoms with E-state index in [0.717, 1.165) is 0 Å². The summed E-state index contributed by atoms with van der Waals surface area (Å²) in [5, 5.41) is 10.1. The largest absolute Gasteiger partial charge is 0.417 e. The maximum absolute atomic E-state index is 9.89. The highest BCUT2D eigenvalue weighted by Gasteiger charge is 2.36. The molecule has 0 unspecified atom stereocenters. The lowest BCUT2D eigenvalue weighted by Gasteiger charge is -2.36. The van der Waals surface area contributed by atoms with Crippen molar-refractivity contribution in [3.8, 4) is 0 Å². The van der Waals surface area contributed by atoms with Crippen molar-refractivity contribution in [2.45, 2.75) is 64.0 Å². The Hall–Kier alpha value is -0.163. The zero-order valence-corrected chi connectivity index (χ0v) is 13.8. The minimum absolute atomic E-state index is 0.0760. The maximum Gasteiger partial charge on any atom is 0.191 e. The van der Waals surface area contributed by atoms with Crippen LogP contribution in [-0.4, -0.2) is 39.3 Å². The van der Waals surface area contributed by atoms with Crippen molar-refractivity contribution in [3.63, 3.8) is 0 Å². The first-order valence-electron chi connectivity index (χ1n) is 6.61. The van der Waals surface area contributed by atoms with E-state index in [2.05, 4.69) is 40.4 Å². The van der Waals surface area contributed by atoms with Gasteiger partial charge in [0.2, 0.25) is 0 Å². The van der Waals surface area contributed by atoms with Gasteiger partial charge in [-0.05, 0) is 24.6 Å². The van der Waals surface area contributed by atoms with Crippen molar-refractivity contribution in [3.05, 3.63) is 12.7 Å². The number of methoxy groups -OCH3 is 1. The molecule has 18 heavy (non-hydrogen) atoms. The summed E-state index contributed by atoms with van der Waals surface area (Å²) in [6.45, 7) is 15.4. The maximum atomic E-state index is 9.89. The third kappa shape index (κ3) is 6.14. The molecule has 0 aromatic rings. The minimum atomic E-state index is -1.69. The Kier molecular flexibility index (Phi) is 7.36. The number of aliphatic hydroxyl groups is 1. The van der Waals surface area contributed by atoms with Crippen LogP contribution in [0.5, 0.6) is 0 Å². The standard InChI is InChI=1S/C14H30O3Si/c1-8-13(16-5)11-12(15)9-10-17-18(6,7)14(2,3)4/h8,12-13,15H,1,9-11H2,2-7H3/t12-,13+/m0/s1. The second kappa shape index (κ2) is 7.43. The molecule has 0 aliphatic heterocycles. The molecule has 0 fully saturated rings. The lowest BCUT2D eigenvalue weighted by Crippen LogP contribution is -2.41. The molecule has 1 N–H and O–H groups in total. The molecule has 0 radical (unpaired) electrons. The van der Waals surface area contributed by atoms with E-state index < -0.39 is 14.4 Å². The van der Waals surface area contributed by atoms with Gasteiger partial charge in [0.1, 0.15) is 0 Å². The summed E-state index contributed by atoms with van der Waals surface area (Å²) in [6.07, 6.45) is 2.49. The highest BCUT2D eigenvalue weighted by Crippen LogP contribution is 2.36. The molecule has 0 saturated heterocycles. The van der Waals surface area contributed by atoms with Crippen molar-refractivity contribution in [2.24, 2.45) is 0 Å². The SMILES string of the molecule is C=C[C@H](C[C@@H](O)CCO[Si](C)(C)C(C)(C)C)OC. The Morgan fingerprint density at radius 2 is 1.89 bits per heavy atom. The van der Waals surface area contributed by atoms with Gasteiger partial charge in [-0.15, -0.1) is 6.58 Å². The van der Waals surface area contributed by atoms with E-state index in [9.17, 15) is 5.11 Å². The molecular formula is C14H30O3Si. The van der Waals surface area contributed by atoms with Crippen molar-refractivity contribution in [1.29, 1.82) is 0 Å². The Labute approximate surface area is 113 Å². The lowest BCUT2D eigenvalue weighted by molar-refractivity contribution is 0.0596. The van der Waals surface area contributed by atoms with Crippen LogP contribution in [0.3, 0.4) is 0 Å². The average Bonchev–Trinajstić information content (AvgIpc) is 2.24. The molecule has 0 aliphatic carbocycles. The summed E-state index contributed by atoms with van der Waals surface area (Å²) in [7, 11) is -0.0607. The highest BCUT2D eigenvalue weighted by atomic mass is 28.4. The van der Waals surface area contributed by atoms with Crippen LogP contribution in [0.15, 0.2) is 12.7 Å². The number of ether oxygens (including phenoxy) is 1. The van der Waals surface area contributed by atoms with Gasteiger partial charge in [0, 0.05) is 20.1 Å². The Bertz CT molecular complexity index is 246. The molecule has 0 bridgehead atoms. The second-order valence-electron chi connectivity index (χ2n) is 6.30. The number of rotatable bonds is 8. The molecular weight excluding hydrogens is 244 g/mol. The Morgan fingerprint density at radius 3 is 2.28 bits per heavy atom. The van der Waals surface area contributed by atoms with Crippen LogP contribution >= 0.6 is 0 Å². The van der Waals surface area contributed by atoms with Crippen LogP contribution in [0.4, 0.5) is 0 Å². The molecule has 0 aromatic carbocycles. The van der Waals surface area contributed by atoms with E-state index in [0.29, 0.717) is 19.4 Å². The normalized spacial score (nSPS) is 16.4. The predicted octanol–water partition coefficient (Wildman–Crippen LogP) is 3.35. The van der Waals surface area contributed by atoms with Gasteiger partial charge in [-0.25, -0.2) is 0 Å². The van der Waals surface area contributed by atoms with Gasteiger partial charge >= 0.3 is 0 Å². The number of hydrogen-bond acceptors (Lipinski definition) is 3. The summed E-state index contributed by atoms with van der Waals surface area (Å²) in [5.41, 5.74) is 0. The minimum Gasteiger partial charge on any atom is -0.417 e. The van der Waals surface area contributed by atoms with Gasteiger partial charge in [0.05, 0.1) is 12.2 Å². The summed E-state index contributed by atoms with van der Waals surface area (Å²) in [4.78, 5) is 0. The van der Waals surface area contributed by atoms with E-state index in [1.807, 2.05) is 0 Å². The summed E-state index contributed by atoms with van der Waals surface area (Å²) < 4.78 is 11.2. The Balaban J connectivity index is 4.01. The van der Waals surface area contributed by atoms with Gasteiger partial charge in [0.15, 0.2) is 8.32 Å². The first kappa shape index (κ1) is 17.8. The fourth-order valence-corrected chi connectivity index (χ4v) is 2.40. The lowest BCUT2D eigenvalue weighted by atomic mass is 10.1. The molecule has 0 aliphatic rings. The number of hydrogen-bond donors (Lipinski definition) is 1. The van der Waals surface area contributed by atoms with Crippen LogP contribution < -0.4 is 0 Å². The third-order valence-corrected chi connectivity index (χ3v) is 8.33.